The van der Waals surface area contributed by atoms with Gasteiger partial charge in [0.05, 0.1) is 22.0 Å². The molecule has 6 heteroatoms. The number of aromatic amines is 1. The molecule has 0 saturated carbocycles. The summed E-state index contributed by atoms with van der Waals surface area (Å²) in [4.78, 5) is 19.8. The average molecular weight is 381 g/mol. The molecule has 27 heavy (non-hydrogen) atoms. The predicted octanol–water partition coefficient (Wildman–Crippen LogP) is 4.01. The Bertz CT molecular complexity index is 932. The molecule has 0 atom stereocenters. The fourth-order valence-electron chi connectivity index (χ4n) is 4.15. The van der Waals surface area contributed by atoms with Gasteiger partial charge in [-0.05, 0) is 39.2 Å². The van der Waals surface area contributed by atoms with E-state index >= 15 is 0 Å². The number of benzene rings is 1. The van der Waals surface area contributed by atoms with E-state index in [9.17, 15) is 4.79 Å². The Balaban J connectivity index is 1.63. The van der Waals surface area contributed by atoms with Crippen molar-refractivity contribution in [3.05, 3.63) is 68.9 Å². The van der Waals surface area contributed by atoms with Crippen molar-refractivity contribution in [2.45, 2.75) is 39.0 Å². The van der Waals surface area contributed by atoms with Gasteiger partial charge in [0, 0.05) is 29.6 Å². The molecule has 0 unspecified atom stereocenters. The molecule has 0 spiro atoms. The lowest BCUT2D eigenvalue weighted by Crippen LogP contribution is -2.46. The summed E-state index contributed by atoms with van der Waals surface area (Å²) in [6.07, 6.45) is 1.75. The number of carbonyl (C=O) groups is 1. The second kappa shape index (κ2) is 6.93. The van der Waals surface area contributed by atoms with Gasteiger partial charge in [0.15, 0.2) is 0 Å². The summed E-state index contributed by atoms with van der Waals surface area (Å²) in [5.74, 6) is 0.0786. The van der Waals surface area contributed by atoms with E-state index in [1.54, 1.807) is 11.3 Å². The van der Waals surface area contributed by atoms with Crippen molar-refractivity contribution in [1.82, 2.24) is 20.1 Å². The van der Waals surface area contributed by atoms with Crippen LogP contribution in [0, 0.1) is 20.8 Å². The third-order valence-electron chi connectivity index (χ3n) is 5.68. The summed E-state index contributed by atoms with van der Waals surface area (Å²) in [7, 11) is 0. The summed E-state index contributed by atoms with van der Waals surface area (Å²) in [5, 5.41) is 10.4. The number of piperidine rings is 1. The Morgan fingerprint density at radius 3 is 2.41 bits per heavy atom. The van der Waals surface area contributed by atoms with Gasteiger partial charge in [-0.15, -0.1) is 11.3 Å². The number of thiazole rings is 1. The van der Waals surface area contributed by atoms with Crippen LogP contribution in [-0.2, 0) is 5.41 Å². The van der Waals surface area contributed by atoms with Gasteiger partial charge < -0.3 is 4.90 Å². The van der Waals surface area contributed by atoms with Crippen LogP contribution in [0.1, 0.15) is 50.9 Å². The van der Waals surface area contributed by atoms with Crippen LogP contribution in [0.5, 0.6) is 0 Å². The number of amides is 1. The van der Waals surface area contributed by atoms with Gasteiger partial charge in [-0.1, -0.05) is 30.3 Å². The van der Waals surface area contributed by atoms with Crippen molar-refractivity contribution in [2.75, 3.05) is 13.1 Å². The maximum absolute atomic E-state index is 13.0. The van der Waals surface area contributed by atoms with Crippen molar-refractivity contribution in [3.8, 4) is 0 Å². The molecule has 3 aromatic rings. The van der Waals surface area contributed by atoms with Crippen molar-refractivity contribution >= 4 is 17.2 Å². The monoisotopic (exact) mass is 380 g/mol. The largest absolute Gasteiger partial charge is 0.338 e. The topological polar surface area (TPSA) is 61.9 Å². The molecule has 1 aliphatic rings. The van der Waals surface area contributed by atoms with Crippen molar-refractivity contribution in [3.63, 3.8) is 0 Å². The normalized spacial score (nSPS) is 16.5. The van der Waals surface area contributed by atoms with E-state index in [0.29, 0.717) is 18.7 Å². The molecule has 1 saturated heterocycles. The van der Waals surface area contributed by atoms with Crippen LogP contribution >= 0.6 is 11.3 Å². The van der Waals surface area contributed by atoms with E-state index in [1.807, 2.05) is 24.8 Å². The molecular formula is C21H24N4OS. The second-order valence-corrected chi connectivity index (χ2v) is 8.36. The Morgan fingerprint density at radius 2 is 1.85 bits per heavy atom. The number of hydrogen-bond donors (Lipinski definition) is 1. The third-order valence-corrected chi connectivity index (χ3v) is 6.46. The molecule has 2 aromatic heterocycles. The van der Waals surface area contributed by atoms with Gasteiger partial charge >= 0.3 is 0 Å². The van der Waals surface area contributed by atoms with Gasteiger partial charge in [-0.3, -0.25) is 9.89 Å². The molecular weight excluding hydrogens is 356 g/mol. The van der Waals surface area contributed by atoms with Crippen LogP contribution in [0.15, 0.2) is 35.7 Å². The highest BCUT2D eigenvalue weighted by Gasteiger charge is 2.41. The van der Waals surface area contributed by atoms with Crippen LogP contribution in [0.4, 0.5) is 0 Å². The summed E-state index contributed by atoms with van der Waals surface area (Å²) in [6.45, 7) is 7.27. The maximum Gasteiger partial charge on any atom is 0.257 e. The minimum atomic E-state index is -0.122. The van der Waals surface area contributed by atoms with Crippen LogP contribution in [0.3, 0.4) is 0 Å². The molecule has 1 aromatic carbocycles. The first kappa shape index (κ1) is 17.9. The van der Waals surface area contributed by atoms with Gasteiger partial charge in [0.1, 0.15) is 0 Å². The van der Waals surface area contributed by atoms with E-state index in [-0.39, 0.29) is 11.3 Å². The lowest BCUT2D eigenvalue weighted by molar-refractivity contribution is 0.0682. The molecule has 3 heterocycles. The first-order chi connectivity index (χ1) is 13.0. The van der Waals surface area contributed by atoms with Gasteiger partial charge in [-0.25, -0.2) is 4.98 Å². The zero-order valence-corrected chi connectivity index (χ0v) is 16.8. The van der Waals surface area contributed by atoms with Crippen molar-refractivity contribution in [1.29, 1.82) is 0 Å². The van der Waals surface area contributed by atoms with E-state index in [4.69, 9.17) is 4.98 Å². The standard InChI is InChI=1S/C21H24N4OS/c1-14-19(15(2)24-23-14)20(26)25-11-9-21(10-12-25,17-7-5-4-6-8-17)18-13-27-16(3)22-18/h4-8,13H,9-12H2,1-3H3,(H,23,24). The zero-order valence-electron chi connectivity index (χ0n) is 16.0. The number of nitrogens with one attached hydrogen (secondary N) is 1. The summed E-state index contributed by atoms with van der Waals surface area (Å²) in [6, 6.07) is 10.6. The highest BCUT2D eigenvalue weighted by Crippen LogP contribution is 2.42. The smallest absolute Gasteiger partial charge is 0.257 e. The van der Waals surface area contributed by atoms with Crippen molar-refractivity contribution < 1.29 is 4.79 Å². The van der Waals surface area contributed by atoms with Gasteiger partial charge in [0.2, 0.25) is 0 Å². The quantitative estimate of drug-likeness (QED) is 0.747. The zero-order chi connectivity index (χ0) is 19.0. The molecule has 5 nitrogen and oxygen atoms in total. The van der Waals surface area contributed by atoms with E-state index in [1.165, 1.54) is 5.56 Å². The second-order valence-electron chi connectivity index (χ2n) is 7.30. The first-order valence-electron chi connectivity index (χ1n) is 9.30. The fraction of sp³-hybridized carbons (Fsp3) is 0.381. The number of aromatic nitrogens is 3. The molecule has 1 amide bonds. The molecule has 140 valence electrons. The van der Waals surface area contributed by atoms with Gasteiger partial charge in [0.25, 0.3) is 5.91 Å². The Morgan fingerprint density at radius 1 is 1.15 bits per heavy atom. The molecule has 4 rings (SSSR count). The molecule has 0 bridgehead atoms. The summed E-state index contributed by atoms with van der Waals surface area (Å²) in [5.41, 5.74) is 4.63. The number of aryl methyl sites for hydroxylation is 3. The minimum Gasteiger partial charge on any atom is -0.338 e. The van der Waals surface area contributed by atoms with E-state index in [2.05, 4.69) is 46.8 Å². The first-order valence-corrected chi connectivity index (χ1v) is 10.2. The minimum absolute atomic E-state index is 0.0786. The van der Waals surface area contributed by atoms with Crippen LogP contribution in [0.2, 0.25) is 0 Å². The number of hydrogen-bond acceptors (Lipinski definition) is 4. The van der Waals surface area contributed by atoms with E-state index < -0.39 is 0 Å². The SMILES string of the molecule is Cc1nc(C2(c3ccccc3)CCN(C(=O)c3c(C)n[nH]c3C)CC2)cs1. The van der Waals surface area contributed by atoms with Gasteiger partial charge in [-0.2, -0.15) is 5.10 Å². The number of nitrogens with zero attached hydrogens (tertiary/aromatic N) is 3. The Labute approximate surface area is 163 Å². The summed E-state index contributed by atoms with van der Waals surface area (Å²) >= 11 is 1.70. The predicted molar refractivity (Wildman–Crippen MR) is 107 cm³/mol. The highest BCUT2D eigenvalue weighted by molar-refractivity contribution is 7.09. The summed E-state index contributed by atoms with van der Waals surface area (Å²) < 4.78 is 0. The third kappa shape index (κ3) is 3.08. The maximum atomic E-state index is 13.0. The van der Waals surface area contributed by atoms with Crippen molar-refractivity contribution in [2.24, 2.45) is 0 Å². The lowest BCUT2D eigenvalue weighted by Gasteiger charge is -2.41. The Hall–Kier alpha value is -2.47. The van der Waals surface area contributed by atoms with Crippen LogP contribution < -0.4 is 0 Å². The highest BCUT2D eigenvalue weighted by atomic mass is 32.1. The number of rotatable bonds is 3. The molecule has 1 N–H and O–H groups in total. The molecule has 1 fully saturated rings. The fourth-order valence-corrected chi connectivity index (χ4v) is 4.86. The lowest BCUT2D eigenvalue weighted by atomic mass is 9.70. The number of carbonyl (C=O) groups excluding carboxylic acids is 1. The average Bonchev–Trinajstić information content (AvgIpc) is 3.27. The Kier molecular flexibility index (Phi) is 4.60. The number of H-pyrrole nitrogens is 1. The van der Waals surface area contributed by atoms with E-state index in [0.717, 1.165) is 34.9 Å². The van der Waals surface area contributed by atoms with Crippen LogP contribution in [-0.4, -0.2) is 39.1 Å². The molecule has 0 radical (unpaired) electrons. The number of likely N-dealkylation sites (tertiary alicyclic amines) is 1. The van der Waals surface area contributed by atoms with Crippen LogP contribution in [0.25, 0.3) is 0 Å². The molecule has 1 aliphatic heterocycles. The molecule has 0 aliphatic carbocycles.